The zero-order valence-corrected chi connectivity index (χ0v) is 9.83. The van der Waals surface area contributed by atoms with E-state index in [2.05, 4.69) is 30.5 Å². The van der Waals surface area contributed by atoms with Crippen molar-refractivity contribution in [3.05, 3.63) is 34.9 Å². The van der Waals surface area contributed by atoms with E-state index in [1.165, 1.54) is 29.5 Å². The van der Waals surface area contributed by atoms with Crippen LogP contribution >= 0.6 is 0 Å². The van der Waals surface area contributed by atoms with Crippen LogP contribution in [0, 0.1) is 0 Å². The second kappa shape index (κ2) is 5.43. The van der Waals surface area contributed by atoms with Crippen LogP contribution in [-0.4, -0.2) is 0 Å². The van der Waals surface area contributed by atoms with Crippen LogP contribution in [-0.2, 0) is 18.0 Å². The molecule has 1 heterocycles. The van der Waals surface area contributed by atoms with Crippen molar-refractivity contribution in [3.8, 4) is 0 Å². The fourth-order valence-electron chi connectivity index (χ4n) is 2.16. The Labute approximate surface area is 97.0 Å². The van der Waals surface area contributed by atoms with Gasteiger partial charge >= 0.3 is 0 Å². The Morgan fingerprint density at radius 1 is 1.38 bits per heavy atom. The Kier molecular flexibility index (Phi) is 3.93. The van der Waals surface area contributed by atoms with Crippen LogP contribution in [0.5, 0.6) is 0 Å². The lowest BCUT2D eigenvalue weighted by atomic mass is 9.98. The minimum Gasteiger partial charge on any atom is -0.372 e. The number of hydrazine groups is 1. The first kappa shape index (κ1) is 11.6. The van der Waals surface area contributed by atoms with Gasteiger partial charge in [0.15, 0.2) is 0 Å². The number of rotatable bonds is 5. The van der Waals surface area contributed by atoms with Crippen LogP contribution in [0.2, 0.25) is 0 Å². The summed E-state index contributed by atoms with van der Waals surface area (Å²) in [6.45, 7) is 3.70. The van der Waals surface area contributed by atoms with Gasteiger partial charge in [-0.05, 0) is 23.1 Å². The largest absolute Gasteiger partial charge is 0.372 e. The molecule has 0 aliphatic carbocycles. The maximum atomic E-state index is 5.61. The molecule has 3 N–H and O–H groups in total. The Morgan fingerprint density at radius 3 is 2.94 bits per heavy atom. The average molecular weight is 220 g/mol. The average Bonchev–Trinajstić information content (AvgIpc) is 2.77. The van der Waals surface area contributed by atoms with Crippen LogP contribution < -0.4 is 11.3 Å². The molecule has 3 nitrogen and oxygen atoms in total. The van der Waals surface area contributed by atoms with Crippen molar-refractivity contribution in [3.63, 3.8) is 0 Å². The fourth-order valence-corrected chi connectivity index (χ4v) is 2.16. The lowest BCUT2D eigenvalue weighted by Gasteiger charge is -2.16. The first-order chi connectivity index (χ1) is 7.85. The maximum absolute atomic E-state index is 5.61. The Morgan fingerprint density at radius 2 is 2.19 bits per heavy atom. The molecule has 1 unspecified atom stereocenters. The molecular weight excluding hydrogens is 200 g/mol. The highest BCUT2D eigenvalue weighted by molar-refractivity contribution is 5.34. The molecule has 0 radical (unpaired) electrons. The smallest absolute Gasteiger partial charge is 0.0725 e. The summed E-state index contributed by atoms with van der Waals surface area (Å²) in [7, 11) is 0. The Bertz CT molecular complexity index is 352. The van der Waals surface area contributed by atoms with Crippen LogP contribution in [0.1, 0.15) is 48.9 Å². The minimum absolute atomic E-state index is 0.269. The number of unbranched alkanes of at least 4 members (excludes halogenated alkanes) is 1. The zero-order chi connectivity index (χ0) is 11.4. The summed E-state index contributed by atoms with van der Waals surface area (Å²) in [5.41, 5.74) is 6.81. The van der Waals surface area contributed by atoms with Crippen molar-refractivity contribution >= 4 is 0 Å². The van der Waals surface area contributed by atoms with E-state index in [4.69, 9.17) is 10.6 Å². The van der Waals surface area contributed by atoms with Gasteiger partial charge in [0.05, 0.1) is 13.2 Å². The van der Waals surface area contributed by atoms with Gasteiger partial charge in [-0.1, -0.05) is 38.0 Å². The second-order valence-corrected chi connectivity index (χ2v) is 4.38. The molecule has 1 aromatic carbocycles. The van der Waals surface area contributed by atoms with Crippen molar-refractivity contribution in [1.29, 1.82) is 0 Å². The van der Waals surface area contributed by atoms with Gasteiger partial charge in [-0.3, -0.25) is 11.3 Å². The summed E-state index contributed by atoms with van der Waals surface area (Å²) in [5.74, 6) is 5.61. The monoisotopic (exact) mass is 220 g/mol. The van der Waals surface area contributed by atoms with Crippen molar-refractivity contribution in [2.24, 2.45) is 5.84 Å². The summed E-state index contributed by atoms with van der Waals surface area (Å²) in [4.78, 5) is 0. The minimum atomic E-state index is 0.269. The third kappa shape index (κ3) is 2.43. The van der Waals surface area contributed by atoms with E-state index in [9.17, 15) is 0 Å². The third-order valence-electron chi connectivity index (χ3n) is 3.20. The molecule has 1 atom stereocenters. The molecule has 3 heteroatoms. The summed E-state index contributed by atoms with van der Waals surface area (Å²) < 4.78 is 5.41. The van der Waals surface area contributed by atoms with E-state index in [0.717, 1.165) is 19.6 Å². The number of hydrogen-bond donors (Lipinski definition) is 2. The Balaban J connectivity index is 2.12. The van der Waals surface area contributed by atoms with Gasteiger partial charge in [-0.15, -0.1) is 0 Å². The van der Waals surface area contributed by atoms with Crippen LogP contribution in [0.4, 0.5) is 0 Å². The summed E-state index contributed by atoms with van der Waals surface area (Å²) in [6.07, 6.45) is 3.49. The quantitative estimate of drug-likeness (QED) is 0.591. The number of nitrogens with one attached hydrogen (secondary N) is 1. The maximum Gasteiger partial charge on any atom is 0.0725 e. The molecule has 0 fully saturated rings. The van der Waals surface area contributed by atoms with E-state index in [-0.39, 0.29) is 6.04 Å². The molecule has 0 saturated heterocycles. The predicted molar refractivity (Wildman–Crippen MR) is 64.5 cm³/mol. The van der Waals surface area contributed by atoms with E-state index in [0.29, 0.717) is 0 Å². The van der Waals surface area contributed by atoms with Gasteiger partial charge in [0.25, 0.3) is 0 Å². The second-order valence-electron chi connectivity index (χ2n) is 4.38. The van der Waals surface area contributed by atoms with E-state index in [1.807, 2.05) is 0 Å². The van der Waals surface area contributed by atoms with E-state index < -0.39 is 0 Å². The summed E-state index contributed by atoms with van der Waals surface area (Å²) >= 11 is 0. The SMILES string of the molecule is CCCCC(NN)c1ccc2c(c1)COC2. The number of benzene rings is 1. The van der Waals surface area contributed by atoms with Gasteiger partial charge < -0.3 is 4.74 Å². The lowest BCUT2D eigenvalue weighted by Crippen LogP contribution is -2.28. The first-order valence-corrected chi connectivity index (χ1v) is 6.00. The zero-order valence-electron chi connectivity index (χ0n) is 9.83. The van der Waals surface area contributed by atoms with Crippen molar-refractivity contribution in [2.45, 2.75) is 45.4 Å². The number of hydrogen-bond acceptors (Lipinski definition) is 3. The lowest BCUT2D eigenvalue weighted by molar-refractivity contribution is 0.134. The number of nitrogens with two attached hydrogens (primary N) is 1. The highest BCUT2D eigenvalue weighted by Gasteiger charge is 2.15. The molecule has 1 aliphatic heterocycles. The highest BCUT2D eigenvalue weighted by atomic mass is 16.5. The third-order valence-corrected chi connectivity index (χ3v) is 3.20. The first-order valence-electron chi connectivity index (χ1n) is 6.00. The molecular formula is C13H20N2O. The van der Waals surface area contributed by atoms with Crippen LogP contribution in [0.3, 0.4) is 0 Å². The molecule has 1 aliphatic rings. The predicted octanol–water partition coefficient (Wildman–Crippen LogP) is 2.41. The molecule has 0 aromatic heterocycles. The van der Waals surface area contributed by atoms with Crippen molar-refractivity contribution in [1.82, 2.24) is 5.43 Å². The number of fused-ring (bicyclic) bond motifs is 1. The molecule has 88 valence electrons. The van der Waals surface area contributed by atoms with Gasteiger partial charge in [0.1, 0.15) is 0 Å². The number of ether oxygens (including phenoxy) is 1. The van der Waals surface area contributed by atoms with Crippen molar-refractivity contribution in [2.75, 3.05) is 0 Å². The van der Waals surface area contributed by atoms with Gasteiger partial charge in [-0.25, -0.2) is 0 Å². The topological polar surface area (TPSA) is 47.3 Å². The molecule has 0 amide bonds. The highest BCUT2D eigenvalue weighted by Crippen LogP contribution is 2.25. The van der Waals surface area contributed by atoms with Gasteiger partial charge in [-0.2, -0.15) is 0 Å². The normalized spacial score (nSPS) is 16.1. The van der Waals surface area contributed by atoms with Crippen LogP contribution in [0.15, 0.2) is 18.2 Å². The van der Waals surface area contributed by atoms with Crippen LogP contribution in [0.25, 0.3) is 0 Å². The summed E-state index contributed by atoms with van der Waals surface area (Å²) in [5, 5.41) is 0. The molecule has 2 rings (SSSR count). The fraction of sp³-hybridized carbons (Fsp3) is 0.538. The molecule has 0 saturated carbocycles. The van der Waals surface area contributed by atoms with E-state index >= 15 is 0 Å². The van der Waals surface area contributed by atoms with Gasteiger partial charge in [0, 0.05) is 6.04 Å². The van der Waals surface area contributed by atoms with Gasteiger partial charge in [0.2, 0.25) is 0 Å². The van der Waals surface area contributed by atoms with Crippen molar-refractivity contribution < 1.29 is 4.74 Å². The molecule has 16 heavy (non-hydrogen) atoms. The molecule has 0 spiro atoms. The molecule has 0 bridgehead atoms. The Hall–Kier alpha value is -0.900. The standard InChI is InChI=1S/C13H20N2O/c1-2-3-4-13(15-14)10-5-6-11-8-16-9-12(11)7-10/h5-7,13,15H,2-4,8-9,14H2,1H3. The summed E-state index contributed by atoms with van der Waals surface area (Å²) in [6, 6.07) is 6.82. The molecule has 1 aromatic rings. The van der Waals surface area contributed by atoms with E-state index in [1.54, 1.807) is 0 Å².